The molecule has 0 atom stereocenters. The van der Waals surface area contributed by atoms with Gasteiger partial charge >= 0.3 is 0 Å². The third-order valence-electron chi connectivity index (χ3n) is 2.87. The zero-order valence-electron chi connectivity index (χ0n) is 10.9. The molecule has 2 aromatic heterocycles. The van der Waals surface area contributed by atoms with E-state index in [1.807, 2.05) is 31.2 Å². The second-order valence-corrected chi connectivity index (χ2v) is 4.40. The quantitative estimate of drug-likeness (QED) is 0.753. The molecule has 0 fully saturated rings. The van der Waals surface area contributed by atoms with Crippen LogP contribution in [0.15, 0.2) is 41.3 Å². The van der Waals surface area contributed by atoms with Gasteiger partial charge in [0, 0.05) is 11.9 Å². The standard InChI is InChI=1S/C14H13N5O/c1-9-6-7-15-14(17-9)16-8-12-18-11-5-3-2-4-10(11)13(20)19-12/h2-7H,8H2,1H3,(H,15,16,17)(H,18,19,20). The van der Waals surface area contributed by atoms with Gasteiger partial charge in [0.1, 0.15) is 5.82 Å². The van der Waals surface area contributed by atoms with Gasteiger partial charge in [-0.05, 0) is 25.1 Å². The first kappa shape index (κ1) is 12.3. The van der Waals surface area contributed by atoms with Gasteiger partial charge in [-0.1, -0.05) is 12.1 Å². The largest absolute Gasteiger partial charge is 0.347 e. The van der Waals surface area contributed by atoms with Crippen LogP contribution in [0.4, 0.5) is 5.95 Å². The SMILES string of the molecule is Cc1ccnc(NCc2nc3ccccc3c(=O)[nH]2)n1. The number of aromatic nitrogens is 4. The van der Waals surface area contributed by atoms with Gasteiger partial charge in [0.15, 0.2) is 0 Å². The summed E-state index contributed by atoms with van der Waals surface area (Å²) >= 11 is 0. The maximum Gasteiger partial charge on any atom is 0.258 e. The van der Waals surface area contributed by atoms with Gasteiger partial charge in [-0.25, -0.2) is 15.0 Å². The maximum absolute atomic E-state index is 11.9. The minimum absolute atomic E-state index is 0.141. The van der Waals surface area contributed by atoms with E-state index in [-0.39, 0.29) is 5.56 Å². The van der Waals surface area contributed by atoms with Crippen molar-refractivity contribution < 1.29 is 0 Å². The second-order valence-electron chi connectivity index (χ2n) is 4.40. The van der Waals surface area contributed by atoms with Crippen LogP contribution in [0.3, 0.4) is 0 Å². The summed E-state index contributed by atoms with van der Waals surface area (Å²) < 4.78 is 0. The number of rotatable bonds is 3. The van der Waals surface area contributed by atoms with E-state index >= 15 is 0 Å². The Morgan fingerprint density at radius 1 is 1.20 bits per heavy atom. The van der Waals surface area contributed by atoms with Crippen LogP contribution in [-0.2, 0) is 6.54 Å². The monoisotopic (exact) mass is 267 g/mol. The molecule has 0 aliphatic rings. The molecule has 0 aliphatic heterocycles. The summed E-state index contributed by atoms with van der Waals surface area (Å²) in [4.78, 5) is 27.4. The van der Waals surface area contributed by atoms with Crippen molar-refractivity contribution in [3.05, 3.63) is 58.4 Å². The number of nitrogens with one attached hydrogen (secondary N) is 2. The first-order chi connectivity index (χ1) is 9.72. The molecular formula is C14H13N5O. The van der Waals surface area contributed by atoms with Crippen LogP contribution in [0.1, 0.15) is 11.5 Å². The molecule has 0 aliphatic carbocycles. The van der Waals surface area contributed by atoms with Crippen LogP contribution < -0.4 is 10.9 Å². The van der Waals surface area contributed by atoms with E-state index in [1.165, 1.54) is 0 Å². The number of H-pyrrole nitrogens is 1. The lowest BCUT2D eigenvalue weighted by molar-refractivity contribution is 0.928. The van der Waals surface area contributed by atoms with Crippen molar-refractivity contribution in [2.75, 3.05) is 5.32 Å². The Labute approximate surface area is 114 Å². The summed E-state index contributed by atoms with van der Waals surface area (Å²) in [7, 11) is 0. The molecule has 2 N–H and O–H groups in total. The molecule has 6 nitrogen and oxygen atoms in total. The topological polar surface area (TPSA) is 83.6 Å². The third-order valence-corrected chi connectivity index (χ3v) is 2.87. The number of aromatic amines is 1. The fraction of sp³-hybridized carbons (Fsp3) is 0.143. The number of aryl methyl sites for hydroxylation is 1. The van der Waals surface area contributed by atoms with Crippen LogP contribution in [0.2, 0.25) is 0 Å². The molecule has 0 bridgehead atoms. The normalized spacial score (nSPS) is 10.7. The van der Waals surface area contributed by atoms with Gasteiger partial charge in [0.2, 0.25) is 5.95 Å². The fourth-order valence-corrected chi connectivity index (χ4v) is 1.92. The fourth-order valence-electron chi connectivity index (χ4n) is 1.92. The Morgan fingerprint density at radius 3 is 2.90 bits per heavy atom. The second kappa shape index (κ2) is 5.08. The van der Waals surface area contributed by atoms with Crippen molar-refractivity contribution >= 4 is 16.9 Å². The molecule has 3 aromatic rings. The highest BCUT2D eigenvalue weighted by Gasteiger charge is 2.03. The highest BCUT2D eigenvalue weighted by atomic mass is 16.1. The highest BCUT2D eigenvalue weighted by Crippen LogP contribution is 2.06. The van der Waals surface area contributed by atoms with Crippen LogP contribution in [0.5, 0.6) is 0 Å². The van der Waals surface area contributed by atoms with E-state index in [0.717, 1.165) is 5.69 Å². The predicted octanol–water partition coefficient (Wildman–Crippen LogP) is 1.63. The van der Waals surface area contributed by atoms with E-state index in [9.17, 15) is 4.79 Å². The smallest absolute Gasteiger partial charge is 0.258 e. The molecule has 0 saturated heterocycles. The summed E-state index contributed by atoms with van der Waals surface area (Å²) in [5.41, 5.74) is 1.42. The number of fused-ring (bicyclic) bond motifs is 1. The van der Waals surface area contributed by atoms with Gasteiger partial charge in [0.05, 0.1) is 17.4 Å². The third kappa shape index (κ3) is 2.49. The zero-order valence-corrected chi connectivity index (χ0v) is 10.9. The van der Waals surface area contributed by atoms with Crippen molar-refractivity contribution in [1.29, 1.82) is 0 Å². The lowest BCUT2D eigenvalue weighted by Gasteiger charge is -2.05. The predicted molar refractivity (Wildman–Crippen MR) is 76.5 cm³/mol. The van der Waals surface area contributed by atoms with E-state index in [4.69, 9.17) is 0 Å². The van der Waals surface area contributed by atoms with E-state index in [0.29, 0.717) is 29.2 Å². The Morgan fingerprint density at radius 2 is 2.05 bits per heavy atom. The molecule has 1 aromatic carbocycles. The van der Waals surface area contributed by atoms with Crippen LogP contribution in [0, 0.1) is 6.92 Å². The van der Waals surface area contributed by atoms with Crippen LogP contribution >= 0.6 is 0 Å². The van der Waals surface area contributed by atoms with Gasteiger partial charge in [-0.3, -0.25) is 4.79 Å². The summed E-state index contributed by atoms with van der Waals surface area (Å²) in [6.07, 6.45) is 1.68. The molecule has 6 heteroatoms. The molecule has 0 amide bonds. The molecule has 100 valence electrons. The van der Waals surface area contributed by atoms with Crippen LogP contribution in [-0.4, -0.2) is 19.9 Å². The number of anilines is 1. The lowest BCUT2D eigenvalue weighted by atomic mass is 10.2. The van der Waals surface area contributed by atoms with E-state index in [2.05, 4.69) is 25.3 Å². The molecule has 3 rings (SSSR count). The Hall–Kier alpha value is -2.76. The van der Waals surface area contributed by atoms with Crippen LogP contribution in [0.25, 0.3) is 10.9 Å². The van der Waals surface area contributed by atoms with Gasteiger partial charge in [0.25, 0.3) is 5.56 Å². The Balaban J connectivity index is 1.86. The number of hydrogen-bond acceptors (Lipinski definition) is 5. The number of benzene rings is 1. The molecule has 0 saturated carbocycles. The average molecular weight is 267 g/mol. The zero-order chi connectivity index (χ0) is 13.9. The van der Waals surface area contributed by atoms with E-state index in [1.54, 1.807) is 12.3 Å². The Kier molecular flexibility index (Phi) is 3.12. The molecular weight excluding hydrogens is 254 g/mol. The van der Waals surface area contributed by atoms with Gasteiger partial charge < -0.3 is 10.3 Å². The first-order valence-corrected chi connectivity index (χ1v) is 6.24. The lowest BCUT2D eigenvalue weighted by Crippen LogP contribution is -2.15. The minimum atomic E-state index is -0.141. The van der Waals surface area contributed by atoms with Gasteiger partial charge in [-0.2, -0.15) is 0 Å². The Bertz CT molecular complexity index is 812. The van der Waals surface area contributed by atoms with Crippen molar-refractivity contribution in [3.8, 4) is 0 Å². The summed E-state index contributed by atoms with van der Waals surface area (Å²) in [5.74, 6) is 1.07. The maximum atomic E-state index is 11.9. The summed E-state index contributed by atoms with van der Waals surface area (Å²) in [5, 5.41) is 3.62. The minimum Gasteiger partial charge on any atom is -0.347 e. The highest BCUT2D eigenvalue weighted by molar-refractivity contribution is 5.77. The summed E-state index contributed by atoms with van der Waals surface area (Å²) in [6, 6.07) is 9.06. The van der Waals surface area contributed by atoms with E-state index < -0.39 is 0 Å². The first-order valence-electron chi connectivity index (χ1n) is 6.24. The number of nitrogens with zero attached hydrogens (tertiary/aromatic N) is 3. The average Bonchev–Trinajstić information content (AvgIpc) is 2.45. The molecule has 0 spiro atoms. The van der Waals surface area contributed by atoms with Gasteiger partial charge in [-0.15, -0.1) is 0 Å². The molecule has 0 unspecified atom stereocenters. The van der Waals surface area contributed by atoms with Crippen molar-refractivity contribution in [1.82, 2.24) is 19.9 Å². The molecule has 20 heavy (non-hydrogen) atoms. The number of hydrogen-bond donors (Lipinski definition) is 2. The van der Waals surface area contributed by atoms with Crippen molar-refractivity contribution in [2.45, 2.75) is 13.5 Å². The van der Waals surface area contributed by atoms with Crippen molar-refractivity contribution in [2.24, 2.45) is 0 Å². The summed E-state index contributed by atoms with van der Waals surface area (Å²) in [6.45, 7) is 2.26. The van der Waals surface area contributed by atoms with Crippen molar-refractivity contribution in [3.63, 3.8) is 0 Å². The molecule has 0 radical (unpaired) electrons. The molecule has 2 heterocycles. The number of para-hydroxylation sites is 1.